The van der Waals surface area contributed by atoms with Crippen molar-refractivity contribution in [3.63, 3.8) is 0 Å². The van der Waals surface area contributed by atoms with Crippen LogP contribution >= 0.6 is 0 Å². The summed E-state index contributed by atoms with van der Waals surface area (Å²) in [7, 11) is 0. The lowest BCUT2D eigenvalue weighted by Gasteiger charge is -1.98. The number of nitrogens with zero attached hydrogens (tertiary/aromatic N) is 3. The van der Waals surface area contributed by atoms with Crippen LogP contribution in [0, 0.1) is 6.92 Å². The molecule has 2 rings (SSSR count). The summed E-state index contributed by atoms with van der Waals surface area (Å²) in [5.74, 6) is -0.347. The zero-order valence-electron chi connectivity index (χ0n) is 7.02. The molecule has 1 aromatic heterocycles. The van der Waals surface area contributed by atoms with Crippen molar-refractivity contribution >= 4 is 11.7 Å². The Morgan fingerprint density at radius 3 is 2.77 bits per heavy atom. The van der Waals surface area contributed by atoms with E-state index in [-0.39, 0.29) is 12.4 Å². The first-order chi connectivity index (χ1) is 6.27. The van der Waals surface area contributed by atoms with E-state index in [0.29, 0.717) is 11.4 Å². The molecular formula is C8H7N3O2. The summed E-state index contributed by atoms with van der Waals surface area (Å²) in [5.41, 5.74) is 1.93. The number of hydrogen-bond donors (Lipinski definition) is 0. The molecule has 0 unspecified atom stereocenters. The van der Waals surface area contributed by atoms with Gasteiger partial charge in [0.1, 0.15) is 11.4 Å². The highest BCUT2D eigenvalue weighted by molar-refractivity contribution is 6.10. The van der Waals surface area contributed by atoms with Gasteiger partial charge in [-0.3, -0.25) is 9.97 Å². The molecule has 0 bridgehead atoms. The van der Waals surface area contributed by atoms with Gasteiger partial charge in [-0.05, 0) is 6.92 Å². The summed E-state index contributed by atoms with van der Waals surface area (Å²) >= 11 is 0. The topological polar surface area (TPSA) is 64.4 Å². The maximum Gasteiger partial charge on any atom is 0.341 e. The number of aromatic nitrogens is 2. The smallest absolute Gasteiger partial charge is 0.317 e. The lowest BCUT2D eigenvalue weighted by molar-refractivity contribution is -0.140. The van der Waals surface area contributed by atoms with Crippen LogP contribution in [0.4, 0.5) is 0 Å². The van der Waals surface area contributed by atoms with E-state index < -0.39 is 0 Å². The van der Waals surface area contributed by atoms with E-state index in [1.807, 2.05) is 6.92 Å². The van der Waals surface area contributed by atoms with Gasteiger partial charge in [0.15, 0.2) is 0 Å². The van der Waals surface area contributed by atoms with Gasteiger partial charge in [0.25, 0.3) is 0 Å². The van der Waals surface area contributed by atoms with Gasteiger partial charge in [0.2, 0.25) is 0 Å². The summed E-state index contributed by atoms with van der Waals surface area (Å²) in [5, 5.41) is 3.61. The van der Waals surface area contributed by atoms with Crippen LogP contribution in [-0.2, 0) is 9.63 Å². The number of oxime groups is 1. The number of hydrogen-bond acceptors (Lipinski definition) is 5. The van der Waals surface area contributed by atoms with Crippen LogP contribution in [0.3, 0.4) is 0 Å². The van der Waals surface area contributed by atoms with E-state index in [1.165, 1.54) is 0 Å². The van der Waals surface area contributed by atoms with Gasteiger partial charge in [-0.1, -0.05) is 5.16 Å². The fourth-order valence-electron chi connectivity index (χ4n) is 1.13. The molecule has 0 aliphatic carbocycles. The Morgan fingerprint density at radius 2 is 2.15 bits per heavy atom. The van der Waals surface area contributed by atoms with Crippen molar-refractivity contribution in [2.75, 3.05) is 0 Å². The maximum absolute atomic E-state index is 10.8. The van der Waals surface area contributed by atoms with Crippen LogP contribution in [0.15, 0.2) is 17.5 Å². The molecule has 0 N–H and O–H groups in total. The van der Waals surface area contributed by atoms with Crippen molar-refractivity contribution in [1.29, 1.82) is 0 Å². The molecule has 5 heteroatoms. The first-order valence-corrected chi connectivity index (χ1v) is 3.82. The Bertz CT molecular complexity index is 387. The van der Waals surface area contributed by atoms with Crippen LogP contribution in [0.5, 0.6) is 0 Å². The van der Waals surface area contributed by atoms with Gasteiger partial charge in [-0.15, -0.1) is 0 Å². The SMILES string of the molecule is Cc1nccnc1C1=NOC(=O)C1. The number of carbonyl (C=O) groups excluding carboxylic acids is 1. The fourth-order valence-corrected chi connectivity index (χ4v) is 1.13. The van der Waals surface area contributed by atoms with Gasteiger partial charge in [-0.25, -0.2) is 4.79 Å². The van der Waals surface area contributed by atoms with E-state index in [9.17, 15) is 4.79 Å². The Kier molecular flexibility index (Phi) is 1.77. The average molecular weight is 177 g/mol. The highest BCUT2D eigenvalue weighted by atomic mass is 16.7. The molecule has 0 fully saturated rings. The number of aryl methyl sites for hydroxylation is 1. The summed E-state index contributed by atoms with van der Waals surface area (Å²) in [4.78, 5) is 23.3. The summed E-state index contributed by atoms with van der Waals surface area (Å²) < 4.78 is 0. The van der Waals surface area contributed by atoms with Crippen molar-refractivity contribution in [2.24, 2.45) is 5.16 Å². The Morgan fingerprint density at radius 1 is 1.38 bits per heavy atom. The van der Waals surface area contributed by atoms with Gasteiger partial charge in [0.05, 0.1) is 12.1 Å². The fraction of sp³-hybridized carbons (Fsp3) is 0.250. The maximum atomic E-state index is 10.8. The average Bonchev–Trinajstić information content (AvgIpc) is 2.53. The van der Waals surface area contributed by atoms with Crippen LogP contribution < -0.4 is 0 Å². The van der Waals surface area contributed by atoms with Crippen molar-refractivity contribution in [3.05, 3.63) is 23.8 Å². The predicted octanol–water partition coefficient (Wildman–Crippen LogP) is 0.436. The molecule has 0 saturated heterocycles. The molecule has 0 amide bonds. The zero-order valence-corrected chi connectivity index (χ0v) is 7.02. The number of rotatable bonds is 1. The molecule has 0 spiro atoms. The standard InChI is InChI=1S/C8H7N3O2/c1-5-8(10-3-2-9-5)6-4-7(12)13-11-6/h2-3H,4H2,1H3. The van der Waals surface area contributed by atoms with E-state index >= 15 is 0 Å². The Labute approximate surface area is 74.4 Å². The molecule has 1 aromatic rings. The van der Waals surface area contributed by atoms with Crippen LogP contribution in [0.25, 0.3) is 0 Å². The first-order valence-electron chi connectivity index (χ1n) is 3.82. The van der Waals surface area contributed by atoms with Gasteiger partial charge in [0, 0.05) is 12.4 Å². The molecular weight excluding hydrogens is 170 g/mol. The van der Waals surface area contributed by atoms with Gasteiger partial charge in [-0.2, -0.15) is 0 Å². The normalized spacial score (nSPS) is 15.5. The molecule has 0 radical (unpaired) electrons. The van der Waals surface area contributed by atoms with E-state index in [0.717, 1.165) is 5.69 Å². The summed E-state index contributed by atoms with van der Waals surface area (Å²) in [6.45, 7) is 1.81. The van der Waals surface area contributed by atoms with E-state index in [2.05, 4.69) is 20.0 Å². The molecule has 0 saturated carbocycles. The molecule has 13 heavy (non-hydrogen) atoms. The third kappa shape index (κ3) is 1.40. The minimum atomic E-state index is -0.347. The highest BCUT2D eigenvalue weighted by Crippen LogP contribution is 2.11. The monoisotopic (exact) mass is 177 g/mol. The lowest BCUT2D eigenvalue weighted by Crippen LogP contribution is -2.06. The summed E-state index contributed by atoms with van der Waals surface area (Å²) in [6.07, 6.45) is 3.34. The van der Waals surface area contributed by atoms with Crippen molar-refractivity contribution in [2.45, 2.75) is 13.3 Å². The Hall–Kier alpha value is -1.78. The van der Waals surface area contributed by atoms with Crippen LogP contribution in [-0.4, -0.2) is 21.6 Å². The second-order valence-electron chi connectivity index (χ2n) is 2.67. The second-order valence-corrected chi connectivity index (χ2v) is 2.67. The minimum Gasteiger partial charge on any atom is -0.317 e. The van der Waals surface area contributed by atoms with E-state index in [4.69, 9.17) is 0 Å². The third-order valence-corrected chi connectivity index (χ3v) is 1.72. The van der Waals surface area contributed by atoms with Gasteiger partial charge >= 0.3 is 5.97 Å². The highest BCUT2D eigenvalue weighted by Gasteiger charge is 2.21. The van der Waals surface area contributed by atoms with Gasteiger partial charge < -0.3 is 4.84 Å². The molecule has 0 atom stereocenters. The van der Waals surface area contributed by atoms with Crippen molar-refractivity contribution in [3.8, 4) is 0 Å². The largest absolute Gasteiger partial charge is 0.341 e. The van der Waals surface area contributed by atoms with E-state index in [1.54, 1.807) is 12.4 Å². The quantitative estimate of drug-likeness (QED) is 0.583. The molecule has 0 aromatic carbocycles. The number of carbonyl (C=O) groups is 1. The first kappa shape index (κ1) is 7.85. The zero-order chi connectivity index (χ0) is 9.26. The van der Waals surface area contributed by atoms with Crippen LogP contribution in [0.2, 0.25) is 0 Å². The minimum absolute atomic E-state index is 0.180. The second kappa shape index (κ2) is 2.93. The third-order valence-electron chi connectivity index (χ3n) is 1.72. The van der Waals surface area contributed by atoms with Crippen molar-refractivity contribution in [1.82, 2.24) is 9.97 Å². The molecule has 1 aliphatic heterocycles. The molecule has 2 heterocycles. The predicted molar refractivity (Wildman–Crippen MR) is 44.0 cm³/mol. The Balaban J connectivity index is 2.37. The molecule has 66 valence electrons. The van der Waals surface area contributed by atoms with Crippen LogP contribution in [0.1, 0.15) is 17.8 Å². The lowest BCUT2D eigenvalue weighted by atomic mass is 10.2. The molecule has 1 aliphatic rings. The van der Waals surface area contributed by atoms with Crippen molar-refractivity contribution < 1.29 is 9.63 Å². The molecule has 5 nitrogen and oxygen atoms in total. The summed E-state index contributed by atoms with van der Waals surface area (Å²) in [6, 6.07) is 0.